The monoisotopic (exact) mass is 251 g/mol. The second-order valence-corrected chi connectivity index (χ2v) is 3.55. The van der Waals surface area contributed by atoms with E-state index in [0.717, 1.165) is 0 Å². The predicted molar refractivity (Wildman–Crippen MR) is 67.5 cm³/mol. The molecule has 0 aliphatic carbocycles. The molecule has 5 heteroatoms. The number of methoxy groups -OCH3 is 1. The Labute approximate surface area is 106 Å². The molecule has 0 saturated heterocycles. The first kappa shape index (κ1) is 14.0. The highest BCUT2D eigenvalue weighted by molar-refractivity contribution is 5.93. The van der Waals surface area contributed by atoms with Crippen molar-refractivity contribution in [3.05, 3.63) is 24.3 Å². The average molecular weight is 251 g/mol. The van der Waals surface area contributed by atoms with E-state index in [9.17, 15) is 9.59 Å². The van der Waals surface area contributed by atoms with Crippen LogP contribution in [0.25, 0.3) is 0 Å². The molecule has 1 rings (SSSR count). The maximum atomic E-state index is 11.6. The lowest BCUT2D eigenvalue weighted by Gasteiger charge is -2.09. The third-order valence-corrected chi connectivity index (χ3v) is 2.24. The predicted octanol–water partition coefficient (Wildman–Crippen LogP) is 1.98. The van der Waals surface area contributed by atoms with Gasteiger partial charge in [-0.1, -0.05) is 12.1 Å². The molecular weight excluding hydrogens is 234 g/mol. The number of ether oxygens (including phenoxy) is 2. The molecule has 1 aromatic carbocycles. The van der Waals surface area contributed by atoms with E-state index in [-0.39, 0.29) is 24.7 Å². The van der Waals surface area contributed by atoms with Crippen LogP contribution in [0.1, 0.15) is 19.8 Å². The molecule has 0 heterocycles. The number of nitrogens with one attached hydrogen (secondary N) is 1. The summed E-state index contributed by atoms with van der Waals surface area (Å²) in [6, 6.07) is 7.10. The molecule has 0 bridgehead atoms. The van der Waals surface area contributed by atoms with Crippen LogP contribution in [0.4, 0.5) is 5.69 Å². The number of hydrogen-bond acceptors (Lipinski definition) is 4. The highest BCUT2D eigenvalue weighted by Gasteiger charge is 2.09. The maximum Gasteiger partial charge on any atom is 0.306 e. The smallest absolute Gasteiger partial charge is 0.306 e. The number of amides is 1. The molecule has 0 atom stereocenters. The third kappa shape index (κ3) is 4.45. The fourth-order valence-electron chi connectivity index (χ4n) is 1.41. The van der Waals surface area contributed by atoms with Crippen LogP contribution < -0.4 is 10.1 Å². The molecule has 0 spiro atoms. The van der Waals surface area contributed by atoms with E-state index in [1.54, 1.807) is 25.1 Å². The van der Waals surface area contributed by atoms with Gasteiger partial charge in [0.1, 0.15) is 5.75 Å². The quantitative estimate of drug-likeness (QED) is 0.785. The van der Waals surface area contributed by atoms with Gasteiger partial charge in [0.25, 0.3) is 0 Å². The Hall–Kier alpha value is -2.04. The molecule has 0 aromatic heterocycles. The number of carbonyl (C=O) groups excluding carboxylic acids is 2. The number of carbonyl (C=O) groups is 2. The van der Waals surface area contributed by atoms with Gasteiger partial charge in [0.05, 0.1) is 25.8 Å². The number of anilines is 1. The van der Waals surface area contributed by atoms with E-state index in [4.69, 9.17) is 9.47 Å². The lowest BCUT2D eigenvalue weighted by molar-refractivity contribution is -0.144. The van der Waals surface area contributed by atoms with E-state index >= 15 is 0 Å². The van der Waals surface area contributed by atoms with Crippen molar-refractivity contribution in [1.29, 1.82) is 0 Å². The lowest BCUT2D eigenvalue weighted by atomic mass is 10.2. The molecule has 1 amide bonds. The average Bonchev–Trinajstić information content (AvgIpc) is 2.37. The standard InChI is InChI=1S/C13H17NO4/c1-3-18-13(16)9-8-12(15)14-10-6-4-5-7-11(10)17-2/h4-7H,3,8-9H2,1-2H3,(H,14,15). The molecule has 18 heavy (non-hydrogen) atoms. The van der Waals surface area contributed by atoms with Gasteiger partial charge in [-0.2, -0.15) is 0 Å². The first-order valence-corrected chi connectivity index (χ1v) is 5.75. The van der Waals surface area contributed by atoms with Crippen molar-refractivity contribution >= 4 is 17.6 Å². The largest absolute Gasteiger partial charge is 0.495 e. The Morgan fingerprint density at radius 2 is 1.94 bits per heavy atom. The van der Waals surface area contributed by atoms with Crippen LogP contribution in [-0.2, 0) is 14.3 Å². The summed E-state index contributed by atoms with van der Waals surface area (Å²) in [5, 5.41) is 2.69. The summed E-state index contributed by atoms with van der Waals surface area (Å²) in [6.45, 7) is 2.06. The van der Waals surface area contributed by atoms with Crippen LogP contribution in [0, 0.1) is 0 Å². The van der Waals surface area contributed by atoms with Gasteiger partial charge in [0, 0.05) is 6.42 Å². The molecule has 0 fully saturated rings. The number of esters is 1. The van der Waals surface area contributed by atoms with Crippen molar-refractivity contribution in [2.75, 3.05) is 19.0 Å². The van der Waals surface area contributed by atoms with E-state index < -0.39 is 0 Å². The van der Waals surface area contributed by atoms with Crippen molar-refractivity contribution in [1.82, 2.24) is 0 Å². The number of benzene rings is 1. The second kappa shape index (κ2) is 7.32. The maximum absolute atomic E-state index is 11.6. The van der Waals surface area contributed by atoms with Gasteiger partial charge < -0.3 is 14.8 Å². The lowest BCUT2D eigenvalue weighted by Crippen LogP contribution is -2.15. The fraction of sp³-hybridized carbons (Fsp3) is 0.385. The number of para-hydroxylation sites is 2. The Kier molecular flexibility index (Phi) is 5.70. The molecule has 0 unspecified atom stereocenters. The van der Waals surface area contributed by atoms with Gasteiger partial charge in [-0.25, -0.2) is 0 Å². The first-order valence-electron chi connectivity index (χ1n) is 5.75. The second-order valence-electron chi connectivity index (χ2n) is 3.55. The van der Waals surface area contributed by atoms with E-state index in [1.807, 2.05) is 6.07 Å². The van der Waals surface area contributed by atoms with Gasteiger partial charge in [-0.05, 0) is 19.1 Å². The summed E-state index contributed by atoms with van der Waals surface area (Å²) in [4.78, 5) is 22.7. The minimum Gasteiger partial charge on any atom is -0.495 e. The normalized spacial score (nSPS) is 9.67. The highest BCUT2D eigenvalue weighted by Crippen LogP contribution is 2.23. The van der Waals surface area contributed by atoms with Crippen molar-refractivity contribution in [3.63, 3.8) is 0 Å². The molecule has 0 aliphatic heterocycles. The summed E-state index contributed by atoms with van der Waals surface area (Å²) < 4.78 is 9.85. The molecule has 98 valence electrons. The Balaban J connectivity index is 2.47. The van der Waals surface area contributed by atoms with Crippen molar-refractivity contribution < 1.29 is 19.1 Å². The Morgan fingerprint density at radius 3 is 2.61 bits per heavy atom. The SMILES string of the molecule is CCOC(=O)CCC(=O)Nc1ccccc1OC. The molecule has 0 radical (unpaired) electrons. The van der Waals surface area contributed by atoms with Gasteiger partial charge in [0.2, 0.25) is 5.91 Å². The van der Waals surface area contributed by atoms with Crippen molar-refractivity contribution in [2.45, 2.75) is 19.8 Å². The number of rotatable bonds is 6. The summed E-state index contributed by atoms with van der Waals surface area (Å²) in [5.74, 6) is -0.0257. The third-order valence-electron chi connectivity index (χ3n) is 2.24. The van der Waals surface area contributed by atoms with Crippen LogP contribution in [0.3, 0.4) is 0 Å². The summed E-state index contributed by atoms with van der Waals surface area (Å²) in [6.07, 6.45) is 0.172. The molecule has 1 N–H and O–H groups in total. The van der Waals surface area contributed by atoms with Gasteiger partial charge in [-0.15, -0.1) is 0 Å². The highest BCUT2D eigenvalue weighted by atomic mass is 16.5. The summed E-state index contributed by atoms with van der Waals surface area (Å²) in [5.41, 5.74) is 0.592. The zero-order chi connectivity index (χ0) is 13.4. The van der Waals surface area contributed by atoms with Crippen LogP contribution in [-0.4, -0.2) is 25.6 Å². The zero-order valence-electron chi connectivity index (χ0n) is 10.6. The van der Waals surface area contributed by atoms with Crippen LogP contribution in [0.2, 0.25) is 0 Å². The van der Waals surface area contributed by atoms with Crippen LogP contribution >= 0.6 is 0 Å². The van der Waals surface area contributed by atoms with Crippen molar-refractivity contribution in [3.8, 4) is 5.75 Å². The molecule has 0 aliphatic rings. The van der Waals surface area contributed by atoms with E-state index in [1.165, 1.54) is 7.11 Å². The van der Waals surface area contributed by atoms with E-state index in [2.05, 4.69) is 5.32 Å². The Bertz CT molecular complexity index is 417. The minimum absolute atomic E-state index is 0.0782. The van der Waals surface area contributed by atoms with Crippen LogP contribution in [0.15, 0.2) is 24.3 Å². The van der Waals surface area contributed by atoms with Gasteiger partial charge in [-0.3, -0.25) is 9.59 Å². The molecule has 1 aromatic rings. The summed E-state index contributed by atoms with van der Waals surface area (Å²) >= 11 is 0. The molecule has 0 saturated carbocycles. The summed E-state index contributed by atoms with van der Waals surface area (Å²) in [7, 11) is 1.53. The van der Waals surface area contributed by atoms with Gasteiger partial charge >= 0.3 is 5.97 Å². The fourth-order valence-corrected chi connectivity index (χ4v) is 1.41. The zero-order valence-corrected chi connectivity index (χ0v) is 10.6. The number of hydrogen-bond donors (Lipinski definition) is 1. The molecule has 5 nitrogen and oxygen atoms in total. The van der Waals surface area contributed by atoms with Gasteiger partial charge in [0.15, 0.2) is 0 Å². The minimum atomic E-state index is -0.368. The topological polar surface area (TPSA) is 64.6 Å². The molecular formula is C13H17NO4. The van der Waals surface area contributed by atoms with E-state index in [0.29, 0.717) is 18.0 Å². The Morgan fingerprint density at radius 1 is 1.22 bits per heavy atom. The first-order chi connectivity index (χ1) is 8.67. The van der Waals surface area contributed by atoms with Crippen LogP contribution in [0.5, 0.6) is 5.75 Å². The van der Waals surface area contributed by atoms with Crippen molar-refractivity contribution in [2.24, 2.45) is 0 Å².